The number of rotatable bonds is 3. The molecule has 5 heteroatoms. The Hall–Kier alpha value is -0.970. The molecule has 2 aliphatic heterocycles. The van der Waals surface area contributed by atoms with E-state index in [1.807, 2.05) is 11.8 Å². The fraction of sp³-hybridized carbons (Fsp3) is 0.692. The Bertz CT molecular complexity index is 452. The highest BCUT2D eigenvalue weighted by atomic mass is 32.2. The van der Waals surface area contributed by atoms with Gasteiger partial charge < -0.3 is 9.67 Å². The van der Waals surface area contributed by atoms with Crippen molar-refractivity contribution in [2.24, 2.45) is 0 Å². The zero-order valence-corrected chi connectivity index (χ0v) is 11.2. The smallest absolute Gasteiger partial charge is 0.314 e. The van der Waals surface area contributed by atoms with Gasteiger partial charge in [0.05, 0.1) is 5.69 Å². The van der Waals surface area contributed by atoms with Crippen molar-refractivity contribution in [2.45, 2.75) is 49.8 Å². The number of carboxylic acids is 1. The molecule has 1 N–H and O–H groups in total. The second-order valence-electron chi connectivity index (χ2n) is 5.16. The number of fused-ring (bicyclic) bond motifs is 1. The summed E-state index contributed by atoms with van der Waals surface area (Å²) in [5.41, 5.74) is 1.08. The van der Waals surface area contributed by atoms with E-state index in [-0.39, 0.29) is 0 Å². The van der Waals surface area contributed by atoms with Crippen LogP contribution >= 0.6 is 11.8 Å². The Morgan fingerprint density at radius 2 is 2.39 bits per heavy atom. The van der Waals surface area contributed by atoms with E-state index >= 15 is 0 Å². The maximum Gasteiger partial charge on any atom is 0.314 e. The van der Waals surface area contributed by atoms with Crippen LogP contribution in [0.4, 0.5) is 0 Å². The molecule has 1 fully saturated rings. The summed E-state index contributed by atoms with van der Waals surface area (Å²) >= 11 is 2.02. The lowest BCUT2D eigenvalue weighted by Crippen LogP contribution is -2.22. The van der Waals surface area contributed by atoms with Gasteiger partial charge in [-0.2, -0.15) is 11.8 Å². The third-order valence-corrected chi connectivity index (χ3v) is 5.22. The summed E-state index contributed by atoms with van der Waals surface area (Å²) in [6, 6.07) is 0. The van der Waals surface area contributed by atoms with E-state index in [0.717, 1.165) is 37.3 Å². The highest BCUT2D eigenvalue weighted by Gasteiger charge is 2.29. The molecule has 1 aromatic rings. The predicted octanol–water partition coefficient (Wildman–Crippen LogP) is 2.28. The summed E-state index contributed by atoms with van der Waals surface area (Å²) in [6.07, 6.45) is 7.32. The minimum absolute atomic E-state index is 0.399. The highest BCUT2D eigenvalue weighted by molar-refractivity contribution is 8.00. The Labute approximate surface area is 111 Å². The average molecular weight is 266 g/mol. The van der Waals surface area contributed by atoms with Crippen molar-refractivity contribution >= 4 is 17.7 Å². The van der Waals surface area contributed by atoms with E-state index < -0.39 is 11.9 Å². The maximum absolute atomic E-state index is 11.2. The molecule has 18 heavy (non-hydrogen) atoms. The molecule has 0 amide bonds. The van der Waals surface area contributed by atoms with Gasteiger partial charge in [-0.1, -0.05) is 0 Å². The summed E-state index contributed by atoms with van der Waals surface area (Å²) < 4.78 is 2.05. The SMILES string of the molecule is O=C(O)C1CCCn2cc(CC3CCCS3)nc21. The molecule has 0 radical (unpaired) electrons. The summed E-state index contributed by atoms with van der Waals surface area (Å²) in [6.45, 7) is 0.921. The van der Waals surface area contributed by atoms with Crippen LogP contribution in [0.2, 0.25) is 0 Å². The molecule has 0 aromatic carbocycles. The van der Waals surface area contributed by atoms with Crippen LogP contribution in [0.5, 0.6) is 0 Å². The van der Waals surface area contributed by atoms with Gasteiger partial charge in [0.25, 0.3) is 0 Å². The lowest BCUT2D eigenvalue weighted by Gasteiger charge is -2.19. The van der Waals surface area contributed by atoms with Crippen LogP contribution in [0.25, 0.3) is 0 Å². The Morgan fingerprint density at radius 1 is 1.50 bits per heavy atom. The number of aliphatic carboxylic acids is 1. The van der Waals surface area contributed by atoms with Gasteiger partial charge in [0, 0.05) is 24.4 Å². The minimum Gasteiger partial charge on any atom is -0.481 e. The molecule has 2 atom stereocenters. The number of aryl methyl sites for hydroxylation is 1. The monoisotopic (exact) mass is 266 g/mol. The van der Waals surface area contributed by atoms with Crippen molar-refractivity contribution < 1.29 is 9.90 Å². The van der Waals surface area contributed by atoms with Gasteiger partial charge in [0.2, 0.25) is 0 Å². The maximum atomic E-state index is 11.2. The second-order valence-corrected chi connectivity index (χ2v) is 6.56. The van der Waals surface area contributed by atoms with Crippen molar-refractivity contribution in [1.29, 1.82) is 0 Å². The fourth-order valence-corrected chi connectivity index (χ4v) is 4.20. The van der Waals surface area contributed by atoms with Crippen LogP contribution in [0.15, 0.2) is 6.20 Å². The van der Waals surface area contributed by atoms with Crippen LogP contribution in [-0.4, -0.2) is 31.6 Å². The molecule has 1 saturated heterocycles. The molecule has 3 rings (SSSR count). The van der Waals surface area contributed by atoms with Gasteiger partial charge in [0.15, 0.2) is 0 Å². The number of hydrogen-bond acceptors (Lipinski definition) is 3. The minimum atomic E-state index is -0.733. The van der Waals surface area contributed by atoms with Crippen molar-refractivity contribution in [1.82, 2.24) is 9.55 Å². The normalized spacial score (nSPS) is 27.1. The largest absolute Gasteiger partial charge is 0.481 e. The van der Waals surface area contributed by atoms with Crippen LogP contribution in [0.3, 0.4) is 0 Å². The number of aromatic nitrogens is 2. The third-order valence-electron chi connectivity index (χ3n) is 3.82. The quantitative estimate of drug-likeness (QED) is 0.912. The first kappa shape index (κ1) is 12.1. The molecule has 1 aromatic heterocycles. The van der Waals surface area contributed by atoms with Crippen molar-refractivity contribution in [3.8, 4) is 0 Å². The van der Waals surface area contributed by atoms with Crippen molar-refractivity contribution in [3.05, 3.63) is 17.7 Å². The van der Waals surface area contributed by atoms with Crippen LogP contribution in [0.1, 0.15) is 43.1 Å². The molecule has 0 spiro atoms. The summed E-state index contributed by atoms with van der Waals surface area (Å²) in [7, 11) is 0. The first-order valence-electron chi connectivity index (χ1n) is 6.64. The number of carboxylic acid groups (broad SMARTS) is 1. The molecule has 0 bridgehead atoms. The number of imidazole rings is 1. The summed E-state index contributed by atoms with van der Waals surface area (Å²) in [4.78, 5) is 15.8. The predicted molar refractivity (Wildman–Crippen MR) is 71.0 cm³/mol. The lowest BCUT2D eigenvalue weighted by molar-refractivity contribution is -0.139. The first-order chi connectivity index (χ1) is 8.74. The molecule has 98 valence electrons. The molecule has 0 aliphatic carbocycles. The average Bonchev–Trinajstić information content (AvgIpc) is 2.96. The zero-order valence-electron chi connectivity index (χ0n) is 10.3. The Balaban J connectivity index is 1.79. The molecule has 0 saturated carbocycles. The standard InChI is InChI=1S/C13H18N2O2S/c16-13(17)11-4-1-5-15-8-9(14-12(11)15)7-10-3-2-6-18-10/h8,10-11H,1-7H2,(H,16,17). The second kappa shape index (κ2) is 4.96. The number of hydrogen-bond donors (Lipinski definition) is 1. The van der Waals surface area contributed by atoms with Crippen molar-refractivity contribution in [3.63, 3.8) is 0 Å². The Morgan fingerprint density at radius 3 is 3.11 bits per heavy atom. The number of nitrogens with zero attached hydrogens (tertiary/aromatic N) is 2. The van der Waals surface area contributed by atoms with Gasteiger partial charge in [-0.25, -0.2) is 4.98 Å². The van der Waals surface area contributed by atoms with E-state index in [4.69, 9.17) is 0 Å². The first-order valence-corrected chi connectivity index (χ1v) is 7.69. The number of thioether (sulfide) groups is 1. The van der Waals surface area contributed by atoms with Crippen LogP contribution < -0.4 is 0 Å². The summed E-state index contributed by atoms with van der Waals surface area (Å²) in [5.74, 6) is 0.898. The summed E-state index contributed by atoms with van der Waals surface area (Å²) in [5, 5.41) is 9.91. The molecule has 4 nitrogen and oxygen atoms in total. The highest BCUT2D eigenvalue weighted by Crippen LogP contribution is 2.31. The molecular formula is C13H18N2O2S. The van der Waals surface area contributed by atoms with Gasteiger partial charge in [-0.05, 0) is 31.4 Å². The number of carbonyl (C=O) groups is 1. The van der Waals surface area contributed by atoms with Crippen LogP contribution in [0, 0.1) is 0 Å². The third kappa shape index (κ3) is 2.28. The van der Waals surface area contributed by atoms with E-state index in [9.17, 15) is 9.90 Å². The van der Waals surface area contributed by atoms with Gasteiger partial charge in [0.1, 0.15) is 11.7 Å². The Kier molecular flexibility index (Phi) is 3.33. The van der Waals surface area contributed by atoms with Gasteiger partial charge in [-0.3, -0.25) is 4.79 Å². The van der Waals surface area contributed by atoms with E-state index in [0.29, 0.717) is 5.25 Å². The van der Waals surface area contributed by atoms with E-state index in [1.165, 1.54) is 18.6 Å². The zero-order chi connectivity index (χ0) is 12.5. The molecule has 2 aliphatic rings. The molecule has 2 unspecified atom stereocenters. The molecular weight excluding hydrogens is 248 g/mol. The molecule has 3 heterocycles. The van der Waals surface area contributed by atoms with E-state index in [2.05, 4.69) is 15.7 Å². The van der Waals surface area contributed by atoms with Gasteiger partial charge >= 0.3 is 5.97 Å². The van der Waals surface area contributed by atoms with E-state index in [1.54, 1.807) is 0 Å². The fourth-order valence-electron chi connectivity index (χ4n) is 2.91. The lowest BCUT2D eigenvalue weighted by atomic mass is 9.99. The van der Waals surface area contributed by atoms with Crippen molar-refractivity contribution in [2.75, 3.05) is 5.75 Å². The topological polar surface area (TPSA) is 55.1 Å². The van der Waals surface area contributed by atoms with Gasteiger partial charge in [-0.15, -0.1) is 0 Å². The van der Waals surface area contributed by atoms with Crippen LogP contribution in [-0.2, 0) is 17.8 Å².